The number of nitrogens with one attached hydrogen (secondary N) is 1. The van der Waals surface area contributed by atoms with Crippen LogP contribution in [0.4, 0.5) is 0 Å². The molecule has 2 aromatic carbocycles. The van der Waals surface area contributed by atoms with Crippen molar-refractivity contribution in [1.29, 1.82) is 0 Å². The highest BCUT2D eigenvalue weighted by Gasteiger charge is 2.08. The summed E-state index contributed by atoms with van der Waals surface area (Å²) in [4.78, 5) is 0. The van der Waals surface area contributed by atoms with Crippen molar-refractivity contribution in [2.24, 2.45) is 5.10 Å². The van der Waals surface area contributed by atoms with Crippen LogP contribution in [0, 0.1) is 4.77 Å². The van der Waals surface area contributed by atoms with E-state index in [2.05, 4.69) is 15.3 Å². The molecule has 7 heteroatoms. The molecule has 0 bridgehead atoms. The summed E-state index contributed by atoms with van der Waals surface area (Å²) in [5.41, 5.74) is 1.82. The lowest BCUT2D eigenvalue weighted by atomic mass is 10.2. The standard InChI is InChI=1S/C18H18N4O2S/c1-3-24-16-10-6-14(7-11-16)17-20-21-18(25)22(17)19-12-13-4-8-15(23-2)9-5-13/h4-12H,3H2,1-2H3,(H,21,25)/b19-12+. The van der Waals surface area contributed by atoms with Crippen LogP contribution in [0.3, 0.4) is 0 Å². The van der Waals surface area contributed by atoms with Crippen molar-refractivity contribution in [2.45, 2.75) is 6.92 Å². The number of hydrogen-bond donors (Lipinski definition) is 1. The predicted octanol–water partition coefficient (Wildman–Crippen LogP) is 3.90. The van der Waals surface area contributed by atoms with Gasteiger partial charge in [0.25, 0.3) is 0 Å². The van der Waals surface area contributed by atoms with E-state index in [-0.39, 0.29) is 0 Å². The van der Waals surface area contributed by atoms with Gasteiger partial charge < -0.3 is 9.47 Å². The number of aromatic nitrogens is 3. The number of hydrogen-bond acceptors (Lipinski definition) is 5. The number of benzene rings is 2. The van der Waals surface area contributed by atoms with Crippen LogP contribution in [0.2, 0.25) is 0 Å². The quantitative estimate of drug-likeness (QED) is 0.539. The molecule has 25 heavy (non-hydrogen) atoms. The smallest absolute Gasteiger partial charge is 0.216 e. The highest BCUT2D eigenvalue weighted by Crippen LogP contribution is 2.21. The molecule has 0 unspecified atom stereocenters. The summed E-state index contributed by atoms with van der Waals surface area (Å²) in [6.07, 6.45) is 1.73. The van der Waals surface area contributed by atoms with Gasteiger partial charge in [0.15, 0.2) is 5.82 Å². The first-order chi connectivity index (χ1) is 12.2. The van der Waals surface area contributed by atoms with E-state index in [4.69, 9.17) is 21.7 Å². The van der Waals surface area contributed by atoms with E-state index in [9.17, 15) is 0 Å². The van der Waals surface area contributed by atoms with Crippen LogP contribution in [0.25, 0.3) is 11.4 Å². The molecule has 0 saturated heterocycles. The van der Waals surface area contributed by atoms with Crippen molar-refractivity contribution in [3.05, 3.63) is 58.9 Å². The van der Waals surface area contributed by atoms with Gasteiger partial charge >= 0.3 is 0 Å². The third-order valence-corrected chi connectivity index (χ3v) is 3.78. The van der Waals surface area contributed by atoms with Crippen LogP contribution < -0.4 is 9.47 Å². The van der Waals surface area contributed by atoms with E-state index < -0.39 is 0 Å². The topological polar surface area (TPSA) is 64.4 Å². The average Bonchev–Trinajstić information content (AvgIpc) is 3.02. The Labute approximate surface area is 150 Å². The number of H-pyrrole nitrogens is 1. The van der Waals surface area contributed by atoms with Crippen molar-refractivity contribution >= 4 is 18.4 Å². The summed E-state index contributed by atoms with van der Waals surface area (Å²) in [6, 6.07) is 15.2. The molecule has 0 aliphatic rings. The zero-order valence-electron chi connectivity index (χ0n) is 14.0. The van der Waals surface area contributed by atoms with Crippen molar-refractivity contribution in [3.63, 3.8) is 0 Å². The van der Waals surface area contributed by atoms with Gasteiger partial charge in [-0.25, -0.2) is 5.10 Å². The molecule has 0 aliphatic heterocycles. The van der Waals surface area contributed by atoms with Crippen LogP contribution in [0.1, 0.15) is 12.5 Å². The minimum absolute atomic E-state index is 0.425. The molecule has 0 radical (unpaired) electrons. The first-order valence-electron chi connectivity index (χ1n) is 7.80. The fourth-order valence-electron chi connectivity index (χ4n) is 2.27. The first-order valence-corrected chi connectivity index (χ1v) is 8.21. The lowest BCUT2D eigenvalue weighted by Crippen LogP contribution is -1.96. The Bertz CT molecular complexity index is 911. The van der Waals surface area contributed by atoms with Crippen LogP contribution >= 0.6 is 12.2 Å². The number of rotatable bonds is 6. The minimum Gasteiger partial charge on any atom is -0.497 e. The van der Waals surface area contributed by atoms with E-state index in [1.807, 2.05) is 55.5 Å². The van der Waals surface area contributed by atoms with Gasteiger partial charge in [-0.05, 0) is 73.2 Å². The molecular weight excluding hydrogens is 336 g/mol. The van der Waals surface area contributed by atoms with Crippen molar-refractivity contribution < 1.29 is 9.47 Å². The molecule has 1 aromatic heterocycles. The Morgan fingerprint density at radius 3 is 2.44 bits per heavy atom. The first kappa shape index (κ1) is 16.9. The molecule has 1 heterocycles. The molecule has 6 nitrogen and oxygen atoms in total. The predicted molar refractivity (Wildman–Crippen MR) is 100 cm³/mol. The average molecular weight is 354 g/mol. The second kappa shape index (κ2) is 7.76. The van der Waals surface area contributed by atoms with Crippen LogP contribution in [0.5, 0.6) is 11.5 Å². The zero-order valence-corrected chi connectivity index (χ0v) is 14.8. The third kappa shape index (κ3) is 3.95. The van der Waals surface area contributed by atoms with E-state index in [0.717, 1.165) is 22.6 Å². The van der Waals surface area contributed by atoms with Gasteiger partial charge in [0.1, 0.15) is 11.5 Å². The normalized spacial score (nSPS) is 11.0. The number of ether oxygens (including phenoxy) is 2. The van der Waals surface area contributed by atoms with Crippen LogP contribution in [-0.4, -0.2) is 34.8 Å². The summed E-state index contributed by atoms with van der Waals surface area (Å²) < 4.78 is 12.6. The Hall–Kier alpha value is -2.93. The van der Waals surface area contributed by atoms with Crippen molar-refractivity contribution in [1.82, 2.24) is 14.9 Å². The van der Waals surface area contributed by atoms with E-state index in [0.29, 0.717) is 17.2 Å². The van der Waals surface area contributed by atoms with Crippen molar-refractivity contribution in [3.8, 4) is 22.9 Å². The van der Waals surface area contributed by atoms with Gasteiger partial charge in [-0.2, -0.15) is 14.9 Å². The Balaban J connectivity index is 1.88. The molecule has 0 saturated carbocycles. The SMILES string of the molecule is CCOc1ccc(-c2n[nH]c(=S)n2/N=C/c2ccc(OC)cc2)cc1. The maximum absolute atomic E-state index is 5.46. The molecule has 0 atom stereocenters. The Morgan fingerprint density at radius 1 is 1.12 bits per heavy atom. The fourth-order valence-corrected chi connectivity index (χ4v) is 2.45. The molecule has 3 rings (SSSR count). The van der Waals surface area contributed by atoms with Gasteiger partial charge in [-0.15, -0.1) is 0 Å². The van der Waals surface area contributed by atoms with Crippen LogP contribution in [0.15, 0.2) is 53.6 Å². The van der Waals surface area contributed by atoms with Gasteiger partial charge in [0.2, 0.25) is 4.77 Å². The van der Waals surface area contributed by atoms with Gasteiger partial charge in [0.05, 0.1) is 19.9 Å². The monoisotopic (exact) mass is 354 g/mol. The third-order valence-electron chi connectivity index (χ3n) is 3.51. The second-order valence-electron chi connectivity index (χ2n) is 5.14. The lowest BCUT2D eigenvalue weighted by Gasteiger charge is -2.04. The Morgan fingerprint density at radius 2 is 1.80 bits per heavy atom. The summed E-state index contributed by atoms with van der Waals surface area (Å²) in [5.74, 6) is 2.25. The molecule has 3 aromatic rings. The largest absolute Gasteiger partial charge is 0.497 e. The fraction of sp³-hybridized carbons (Fsp3) is 0.167. The lowest BCUT2D eigenvalue weighted by molar-refractivity contribution is 0.340. The molecule has 1 N–H and O–H groups in total. The van der Waals surface area contributed by atoms with Gasteiger partial charge in [-0.3, -0.25) is 0 Å². The van der Waals surface area contributed by atoms with E-state index in [1.165, 1.54) is 0 Å². The zero-order chi connectivity index (χ0) is 17.6. The van der Waals surface area contributed by atoms with Gasteiger partial charge in [0, 0.05) is 5.56 Å². The maximum Gasteiger partial charge on any atom is 0.216 e. The molecule has 0 aliphatic carbocycles. The molecule has 0 fully saturated rings. The summed E-state index contributed by atoms with van der Waals surface area (Å²) in [5, 5.41) is 11.5. The van der Waals surface area contributed by atoms with Crippen molar-refractivity contribution in [2.75, 3.05) is 13.7 Å². The van der Waals surface area contributed by atoms with Gasteiger partial charge in [-0.1, -0.05) is 0 Å². The molecule has 0 amide bonds. The van der Waals surface area contributed by atoms with E-state index >= 15 is 0 Å². The number of aromatic amines is 1. The summed E-state index contributed by atoms with van der Waals surface area (Å²) in [7, 11) is 1.64. The minimum atomic E-state index is 0.425. The molecule has 128 valence electrons. The maximum atomic E-state index is 5.46. The number of nitrogens with zero attached hydrogens (tertiary/aromatic N) is 3. The molecule has 0 spiro atoms. The summed E-state index contributed by atoms with van der Waals surface area (Å²) >= 11 is 5.28. The Kier molecular flexibility index (Phi) is 5.25. The van der Waals surface area contributed by atoms with Crippen LogP contribution in [-0.2, 0) is 0 Å². The number of methoxy groups -OCH3 is 1. The highest BCUT2D eigenvalue weighted by molar-refractivity contribution is 7.71. The summed E-state index contributed by atoms with van der Waals surface area (Å²) in [6.45, 7) is 2.58. The highest BCUT2D eigenvalue weighted by atomic mass is 32.1. The van der Waals surface area contributed by atoms with E-state index in [1.54, 1.807) is 18.0 Å². The second-order valence-corrected chi connectivity index (χ2v) is 5.53. The molecular formula is C18H18N4O2S.